The summed E-state index contributed by atoms with van der Waals surface area (Å²) >= 11 is 0. The highest BCUT2D eigenvalue weighted by Gasteiger charge is 2.16. The van der Waals surface area contributed by atoms with E-state index in [2.05, 4.69) is 12.2 Å². The van der Waals surface area contributed by atoms with Gasteiger partial charge in [-0.1, -0.05) is 6.92 Å². The van der Waals surface area contributed by atoms with E-state index in [1.165, 1.54) is 0 Å². The van der Waals surface area contributed by atoms with Crippen molar-refractivity contribution >= 4 is 17.2 Å². The molecule has 1 aliphatic rings. The topological polar surface area (TPSA) is 55.1 Å². The van der Waals surface area contributed by atoms with Gasteiger partial charge in [-0.05, 0) is 36.6 Å². The number of carbonyl (C=O) groups is 1. The first kappa shape index (κ1) is 10.7. The Hall–Kier alpha value is -1.77. The zero-order valence-electron chi connectivity index (χ0n) is 9.36. The summed E-state index contributed by atoms with van der Waals surface area (Å²) < 4.78 is 0. The number of allylic oxidation sites excluding steroid dienone is 2. The number of hydrogen-bond donors (Lipinski definition) is 2. The van der Waals surface area contributed by atoms with E-state index in [-0.39, 0.29) is 5.78 Å². The summed E-state index contributed by atoms with van der Waals surface area (Å²) in [5.41, 5.74) is 8.32. The summed E-state index contributed by atoms with van der Waals surface area (Å²) in [4.78, 5) is 11.4. The molecule has 0 saturated heterocycles. The average molecular weight is 216 g/mol. The summed E-state index contributed by atoms with van der Waals surface area (Å²) in [5, 5.41) is 3.25. The average Bonchev–Trinajstić information content (AvgIpc) is 2.20. The number of carbonyl (C=O) groups excluding carboxylic acids is 1. The van der Waals surface area contributed by atoms with Crippen LogP contribution in [-0.4, -0.2) is 5.78 Å². The molecule has 84 valence electrons. The molecular weight excluding hydrogens is 200 g/mol. The molecule has 16 heavy (non-hydrogen) atoms. The van der Waals surface area contributed by atoms with Crippen molar-refractivity contribution < 1.29 is 4.79 Å². The number of hydrogen-bond acceptors (Lipinski definition) is 3. The fourth-order valence-corrected chi connectivity index (χ4v) is 1.94. The van der Waals surface area contributed by atoms with E-state index < -0.39 is 0 Å². The van der Waals surface area contributed by atoms with Gasteiger partial charge in [-0.3, -0.25) is 4.79 Å². The van der Waals surface area contributed by atoms with E-state index >= 15 is 0 Å². The summed E-state index contributed by atoms with van der Waals surface area (Å²) in [6.45, 7) is 2.09. The predicted molar refractivity (Wildman–Crippen MR) is 66.0 cm³/mol. The van der Waals surface area contributed by atoms with Gasteiger partial charge in [-0.2, -0.15) is 0 Å². The van der Waals surface area contributed by atoms with Gasteiger partial charge < -0.3 is 11.1 Å². The Morgan fingerprint density at radius 3 is 2.56 bits per heavy atom. The number of nitrogens with one attached hydrogen (secondary N) is 1. The number of rotatable bonds is 2. The maximum atomic E-state index is 11.4. The molecule has 3 nitrogen and oxygen atoms in total. The van der Waals surface area contributed by atoms with Gasteiger partial charge in [0.05, 0.1) is 0 Å². The lowest BCUT2D eigenvalue weighted by Gasteiger charge is -2.19. The van der Waals surface area contributed by atoms with E-state index in [1.807, 2.05) is 24.3 Å². The Morgan fingerprint density at radius 2 is 1.94 bits per heavy atom. The summed E-state index contributed by atoms with van der Waals surface area (Å²) in [6, 6.07) is 7.52. The first-order chi connectivity index (χ1) is 7.63. The van der Waals surface area contributed by atoms with Crippen LogP contribution in [0, 0.1) is 5.92 Å². The Kier molecular flexibility index (Phi) is 2.95. The molecule has 2 rings (SSSR count). The molecule has 3 heteroatoms. The normalized spacial score (nSPS) is 20.4. The largest absolute Gasteiger partial charge is 0.399 e. The standard InChI is InChI=1S/C13H16N2O/c1-9-6-12(8-13(16)7-9)15-11-4-2-10(14)3-5-11/h2-5,8-9,15H,6-7,14H2,1H3. The van der Waals surface area contributed by atoms with Gasteiger partial charge in [0.2, 0.25) is 0 Å². The van der Waals surface area contributed by atoms with Crippen LogP contribution in [0.1, 0.15) is 19.8 Å². The molecule has 1 aromatic carbocycles. The summed E-state index contributed by atoms with van der Waals surface area (Å²) in [6.07, 6.45) is 3.29. The second kappa shape index (κ2) is 4.39. The van der Waals surface area contributed by atoms with Crippen LogP contribution in [-0.2, 0) is 4.79 Å². The predicted octanol–water partition coefficient (Wildman–Crippen LogP) is 2.56. The molecule has 0 bridgehead atoms. The monoisotopic (exact) mass is 216 g/mol. The molecule has 1 atom stereocenters. The molecule has 0 radical (unpaired) electrons. The van der Waals surface area contributed by atoms with Gasteiger partial charge in [0.25, 0.3) is 0 Å². The lowest BCUT2D eigenvalue weighted by atomic mass is 9.93. The number of anilines is 2. The van der Waals surface area contributed by atoms with Crippen molar-refractivity contribution in [1.82, 2.24) is 0 Å². The molecule has 0 aliphatic heterocycles. The van der Waals surface area contributed by atoms with Gasteiger partial charge in [-0.25, -0.2) is 0 Å². The summed E-state index contributed by atoms with van der Waals surface area (Å²) in [7, 11) is 0. The van der Waals surface area contributed by atoms with Gasteiger partial charge in [0.15, 0.2) is 5.78 Å². The molecule has 0 aromatic heterocycles. The van der Waals surface area contributed by atoms with Crippen LogP contribution in [0.2, 0.25) is 0 Å². The second-order valence-electron chi connectivity index (χ2n) is 4.40. The smallest absolute Gasteiger partial charge is 0.157 e. The van der Waals surface area contributed by atoms with Crippen molar-refractivity contribution in [3.8, 4) is 0 Å². The maximum Gasteiger partial charge on any atom is 0.157 e. The number of benzene rings is 1. The Balaban J connectivity index is 2.09. The molecular formula is C13H16N2O. The van der Waals surface area contributed by atoms with Crippen molar-refractivity contribution in [2.45, 2.75) is 19.8 Å². The lowest BCUT2D eigenvalue weighted by Crippen LogP contribution is -2.15. The van der Waals surface area contributed by atoms with E-state index in [4.69, 9.17) is 5.73 Å². The van der Waals surface area contributed by atoms with Crippen LogP contribution in [0.5, 0.6) is 0 Å². The maximum absolute atomic E-state index is 11.4. The molecule has 3 N–H and O–H groups in total. The molecule has 0 fully saturated rings. The number of ketones is 1. The Bertz CT molecular complexity index is 420. The number of nitrogen functional groups attached to an aromatic ring is 1. The van der Waals surface area contributed by atoms with Crippen LogP contribution in [0.4, 0.5) is 11.4 Å². The first-order valence-electron chi connectivity index (χ1n) is 5.49. The van der Waals surface area contributed by atoms with E-state index in [0.717, 1.165) is 23.5 Å². The molecule has 1 aliphatic carbocycles. The quantitative estimate of drug-likeness (QED) is 0.747. The van der Waals surface area contributed by atoms with Gasteiger partial charge in [0.1, 0.15) is 0 Å². The molecule has 0 saturated carbocycles. The summed E-state index contributed by atoms with van der Waals surface area (Å²) in [5.74, 6) is 0.630. The van der Waals surface area contributed by atoms with Crippen LogP contribution in [0.3, 0.4) is 0 Å². The third-order valence-electron chi connectivity index (χ3n) is 2.67. The van der Waals surface area contributed by atoms with Crippen molar-refractivity contribution in [3.05, 3.63) is 36.0 Å². The highest BCUT2D eigenvalue weighted by atomic mass is 16.1. The van der Waals surface area contributed by atoms with Gasteiger partial charge >= 0.3 is 0 Å². The Labute approximate surface area is 95.3 Å². The van der Waals surface area contributed by atoms with E-state index in [0.29, 0.717) is 12.3 Å². The SMILES string of the molecule is CC1CC(=O)C=C(Nc2ccc(N)cc2)C1. The van der Waals surface area contributed by atoms with Crippen molar-refractivity contribution in [3.63, 3.8) is 0 Å². The van der Waals surface area contributed by atoms with Crippen molar-refractivity contribution in [2.75, 3.05) is 11.1 Å². The Morgan fingerprint density at radius 1 is 1.25 bits per heavy atom. The third kappa shape index (κ3) is 2.63. The van der Waals surface area contributed by atoms with Crippen LogP contribution in [0.25, 0.3) is 0 Å². The third-order valence-corrected chi connectivity index (χ3v) is 2.67. The zero-order valence-corrected chi connectivity index (χ0v) is 9.36. The minimum atomic E-state index is 0.205. The molecule has 1 unspecified atom stereocenters. The first-order valence-corrected chi connectivity index (χ1v) is 5.49. The second-order valence-corrected chi connectivity index (χ2v) is 4.40. The van der Waals surface area contributed by atoms with Crippen LogP contribution in [0.15, 0.2) is 36.0 Å². The minimum absolute atomic E-state index is 0.205. The fraction of sp³-hybridized carbons (Fsp3) is 0.308. The van der Waals surface area contributed by atoms with Crippen molar-refractivity contribution in [1.29, 1.82) is 0 Å². The molecule has 0 amide bonds. The van der Waals surface area contributed by atoms with Crippen LogP contribution >= 0.6 is 0 Å². The lowest BCUT2D eigenvalue weighted by molar-refractivity contribution is -0.115. The highest BCUT2D eigenvalue weighted by molar-refractivity contribution is 5.91. The van der Waals surface area contributed by atoms with Crippen LogP contribution < -0.4 is 11.1 Å². The van der Waals surface area contributed by atoms with E-state index in [9.17, 15) is 4.79 Å². The minimum Gasteiger partial charge on any atom is -0.399 e. The fourth-order valence-electron chi connectivity index (χ4n) is 1.94. The number of nitrogens with two attached hydrogens (primary N) is 1. The van der Waals surface area contributed by atoms with Gasteiger partial charge in [0, 0.05) is 29.6 Å². The van der Waals surface area contributed by atoms with Gasteiger partial charge in [-0.15, -0.1) is 0 Å². The van der Waals surface area contributed by atoms with E-state index in [1.54, 1.807) is 6.08 Å². The molecule has 1 aromatic rings. The molecule has 0 heterocycles. The molecule has 0 spiro atoms. The van der Waals surface area contributed by atoms with Crippen molar-refractivity contribution in [2.24, 2.45) is 5.92 Å². The zero-order chi connectivity index (χ0) is 11.5. The highest BCUT2D eigenvalue weighted by Crippen LogP contribution is 2.23.